The van der Waals surface area contributed by atoms with E-state index >= 15 is 0 Å². The molecule has 1 aliphatic carbocycles. The van der Waals surface area contributed by atoms with E-state index in [4.69, 9.17) is 4.74 Å². The molecule has 2 heterocycles. The standard InChI is InChI=1S/C37H56N4O5/c1-23(2)31(39(8)36(44)33(24(3)4)38-34(42)29-16-11-12-20-40(29)25(5)6)22-26(7)35(43)41-21-13-17-30(41)37(45)46-32-19-18-27-14-9-10-15-28(27)32/h9-10,14-15,22-25,29-33H,11-13,16-21H2,1-8H3,(H,38,42)/b26-22+/t29-,30+,31-,32+,33+/m1/s1. The third-order valence-electron chi connectivity index (χ3n) is 10.1. The number of ether oxygens (including phenoxy) is 1. The number of nitrogens with zero attached hydrogens (tertiary/aromatic N) is 3. The fourth-order valence-electron chi connectivity index (χ4n) is 7.40. The molecule has 0 saturated carbocycles. The number of esters is 1. The van der Waals surface area contributed by atoms with Crippen LogP contribution in [0.1, 0.15) is 104 Å². The van der Waals surface area contributed by atoms with Gasteiger partial charge >= 0.3 is 5.97 Å². The molecular formula is C37H56N4O5. The summed E-state index contributed by atoms with van der Waals surface area (Å²) < 4.78 is 5.97. The van der Waals surface area contributed by atoms with Gasteiger partial charge in [-0.05, 0) is 88.8 Å². The maximum atomic E-state index is 14.0. The first-order valence-electron chi connectivity index (χ1n) is 17.4. The predicted molar refractivity (Wildman–Crippen MR) is 180 cm³/mol. The van der Waals surface area contributed by atoms with Gasteiger partial charge in [0, 0.05) is 25.2 Å². The number of hydrogen-bond acceptors (Lipinski definition) is 6. The van der Waals surface area contributed by atoms with Gasteiger partial charge in [-0.25, -0.2) is 4.79 Å². The molecule has 2 aliphatic heterocycles. The van der Waals surface area contributed by atoms with Crippen LogP contribution in [0, 0.1) is 11.8 Å². The van der Waals surface area contributed by atoms with Crippen LogP contribution in [0.2, 0.25) is 0 Å². The Kier molecular flexibility index (Phi) is 12.1. The summed E-state index contributed by atoms with van der Waals surface area (Å²) in [6.45, 7) is 15.3. The third kappa shape index (κ3) is 8.01. The van der Waals surface area contributed by atoms with Crippen molar-refractivity contribution in [1.29, 1.82) is 0 Å². The van der Waals surface area contributed by atoms with Gasteiger partial charge in [-0.1, -0.05) is 64.5 Å². The van der Waals surface area contributed by atoms with E-state index in [0.717, 1.165) is 50.6 Å². The zero-order valence-electron chi connectivity index (χ0n) is 29.3. The number of piperidine rings is 1. The predicted octanol–water partition coefficient (Wildman–Crippen LogP) is 5.04. The number of likely N-dealkylation sites (tertiary alicyclic amines) is 2. The first-order chi connectivity index (χ1) is 21.8. The number of aryl methyl sites for hydroxylation is 1. The fraction of sp³-hybridized carbons (Fsp3) is 0.676. The lowest BCUT2D eigenvalue weighted by molar-refractivity contribution is -0.157. The number of likely N-dealkylation sites (N-methyl/N-ethyl adjacent to an activating group) is 1. The largest absolute Gasteiger partial charge is 0.456 e. The number of amides is 3. The molecule has 2 fully saturated rings. The third-order valence-corrected chi connectivity index (χ3v) is 10.1. The van der Waals surface area contributed by atoms with Gasteiger partial charge in [0.2, 0.25) is 17.7 Å². The van der Waals surface area contributed by atoms with Crippen molar-refractivity contribution in [2.45, 2.75) is 130 Å². The van der Waals surface area contributed by atoms with Crippen LogP contribution in [0.15, 0.2) is 35.9 Å². The zero-order chi connectivity index (χ0) is 33.7. The Morgan fingerprint density at radius 1 is 0.913 bits per heavy atom. The minimum absolute atomic E-state index is 0.0109. The van der Waals surface area contributed by atoms with Gasteiger partial charge in [-0.3, -0.25) is 19.3 Å². The van der Waals surface area contributed by atoms with Crippen molar-refractivity contribution in [2.24, 2.45) is 11.8 Å². The molecule has 254 valence electrons. The number of fused-ring (bicyclic) bond motifs is 1. The second kappa shape index (κ2) is 15.6. The van der Waals surface area contributed by atoms with Gasteiger partial charge in [0.05, 0.1) is 12.1 Å². The van der Waals surface area contributed by atoms with Crippen molar-refractivity contribution in [3.63, 3.8) is 0 Å². The van der Waals surface area contributed by atoms with Gasteiger partial charge in [-0.2, -0.15) is 0 Å². The second-order valence-electron chi connectivity index (χ2n) is 14.4. The molecular weight excluding hydrogens is 580 g/mol. The highest BCUT2D eigenvalue weighted by Gasteiger charge is 2.39. The Morgan fingerprint density at radius 3 is 2.28 bits per heavy atom. The summed E-state index contributed by atoms with van der Waals surface area (Å²) in [7, 11) is 1.75. The average Bonchev–Trinajstić information content (AvgIpc) is 3.68. The SMILES string of the molecule is C/C(=C\[C@H](C(C)C)N(C)C(=O)[C@@H](NC(=O)[C@H]1CCCCN1C(C)C)C(C)C)C(=O)N1CCC[C@H]1C(=O)O[C@H]1CCc2ccccc21. The quantitative estimate of drug-likeness (QED) is 0.270. The summed E-state index contributed by atoms with van der Waals surface area (Å²) in [4.78, 5) is 60.1. The molecule has 9 nitrogen and oxygen atoms in total. The number of rotatable bonds is 11. The summed E-state index contributed by atoms with van der Waals surface area (Å²) in [5.41, 5.74) is 2.76. The normalized spacial score (nSPS) is 23.4. The molecule has 3 amide bonds. The molecule has 3 aliphatic rings. The molecule has 2 saturated heterocycles. The highest BCUT2D eigenvalue weighted by molar-refractivity contribution is 5.96. The summed E-state index contributed by atoms with van der Waals surface area (Å²) in [5.74, 6) is -0.931. The van der Waals surface area contributed by atoms with Crippen LogP contribution >= 0.6 is 0 Å². The number of carbonyl (C=O) groups excluding carboxylic acids is 4. The van der Waals surface area contributed by atoms with E-state index in [1.54, 1.807) is 23.8 Å². The van der Waals surface area contributed by atoms with Crippen LogP contribution < -0.4 is 5.32 Å². The summed E-state index contributed by atoms with van der Waals surface area (Å²) in [6, 6.07) is 6.39. The monoisotopic (exact) mass is 636 g/mol. The van der Waals surface area contributed by atoms with Gasteiger partial charge in [0.25, 0.3) is 0 Å². The highest BCUT2D eigenvalue weighted by atomic mass is 16.5. The van der Waals surface area contributed by atoms with Crippen LogP contribution in [-0.2, 0) is 30.3 Å². The van der Waals surface area contributed by atoms with Crippen molar-refractivity contribution in [3.05, 3.63) is 47.0 Å². The summed E-state index contributed by atoms with van der Waals surface area (Å²) >= 11 is 0. The minimum atomic E-state index is -0.683. The molecule has 46 heavy (non-hydrogen) atoms. The maximum Gasteiger partial charge on any atom is 0.329 e. The van der Waals surface area contributed by atoms with Crippen molar-refractivity contribution in [3.8, 4) is 0 Å². The van der Waals surface area contributed by atoms with Gasteiger partial charge < -0.3 is 19.9 Å². The molecule has 1 aromatic carbocycles. The topological polar surface area (TPSA) is 99.3 Å². The Hall–Kier alpha value is -3.20. The lowest BCUT2D eigenvalue weighted by atomic mass is 9.95. The van der Waals surface area contributed by atoms with Crippen LogP contribution in [-0.4, -0.2) is 88.7 Å². The van der Waals surface area contributed by atoms with E-state index in [-0.39, 0.29) is 59.8 Å². The van der Waals surface area contributed by atoms with Crippen LogP contribution in [0.4, 0.5) is 0 Å². The van der Waals surface area contributed by atoms with Crippen LogP contribution in [0.25, 0.3) is 0 Å². The number of carbonyl (C=O) groups is 4. The Balaban J connectivity index is 1.44. The first-order valence-corrected chi connectivity index (χ1v) is 17.4. The summed E-state index contributed by atoms with van der Waals surface area (Å²) in [5, 5.41) is 3.10. The Labute approximate surface area is 276 Å². The lowest BCUT2D eigenvalue weighted by Crippen LogP contribution is -2.58. The van der Waals surface area contributed by atoms with Crippen molar-refractivity contribution < 1.29 is 23.9 Å². The van der Waals surface area contributed by atoms with E-state index in [1.165, 1.54) is 5.56 Å². The summed E-state index contributed by atoms with van der Waals surface area (Å²) in [6.07, 6.45) is 7.38. The molecule has 0 spiro atoms. The van der Waals surface area contributed by atoms with Gasteiger partial charge in [0.1, 0.15) is 18.2 Å². The van der Waals surface area contributed by atoms with Crippen molar-refractivity contribution in [1.82, 2.24) is 20.0 Å². The zero-order valence-corrected chi connectivity index (χ0v) is 29.3. The number of hydrogen-bond donors (Lipinski definition) is 1. The molecule has 5 atom stereocenters. The minimum Gasteiger partial charge on any atom is -0.456 e. The van der Waals surface area contributed by atoms with E-state index in [9.17, 15) is 19.2 Å². The van der Waals surface area contributed by atoms with E-state index in [0.29, 0.717) is 18.5 Å². The molecule has 1 aromatic rings. The second-order valence-corrected chi connectivity index (χ2v) is 14.4. The highest BCUT2D eigenvalue weighted by Crippen LogP contribution is 2.35. The van der Waals surface area contributed by atoms with E-state index in [1.807, 2.05) is 52.0 Å². The van der Waals surface area contributed by atoms with Gasteiger partial charge in [0.15, 0.2) is 0 Å². The lowest BCUT2D eigenvalue weighted by Gasteiger charge is -2.39. The fourth-order valence-corrected chi connectivity index (χ4v) is 7.40. The van der Waals surface area contributed by atoms with E-state index in [2.05, 4.69) is 30.1 Å². The Morgan fingerprint density at radius 2 is 1.61 bits per heavy atom. The maximum absolute atomic E-state index is 14.0. The molecule has 0 bridgehead atoms. The Bertz CT molecular complexity index is 1290. The molecule has 9 heteroatoms. The smallest absolute Gasteiger partial charge is 0.329 e. The van der Waals surface area contributed by atoms with Crippen molar-refractivity contribution >= 4 is 23.7 Å². The molecule has 0 aromatic heterocycles. The average molecular weight is 637 g/mol. The molecule has 0 unspecified atom stereocenters. The number of nitrogens with one attached hydrogen (secondary N) is 1. The van der Waals surface area contributed by atoms with Crippen LogP contribution in [0.3, 0.4) is 0 Å². The van der Waals surface area contributed by atoms with Crippen molar-refractivity contribution in [2.75, 3.05) is 20.1 Å². The molecule has 1 N–H and O–H groups in total. The van der Waals surface area contributed by atoms with E-state index < -0.39 is 12.1 Å². The number of benzene rings is 1. The van der Waals surface area contributed by atoms with Crippen LogP contribution in [0.5, 0.6) is 0 Å². The molecule has 0 radical (unpaired) electrons. The molecule has 4 rings (SSSR count). The first kappa shape index (κ1) is 35.7. The van der Waals surface area contributed by atoms with Gasteiger partial charge in [-0.15, -0.1) is 0 Å².